The number of hydrogen-bond donors (Lipinski definition) is 0. The van der Waals surface area contributed by atoms with Crippen molar-refractivity contribution >= 4 is 5.97 Å². The zero-order valence-corrected chi connectivity index (χ0v) is 7.38. The molecule has 0 radical (unpaired) electrons. The molecule has 0 heterocycles. The standard InChI is InChI=1S/C10H14O2/c1-4-8-6-9(8)7(3)10(11)12-5-2/h4,8-9H,1,3,5-6H2,2H3/t8-,9+/m0/s1. The summed E-state index contributed by atoms with van der Waals surface area (Å²) < 4.78 is 4.83. The zero-order valence-electron chi connectivity index (χ0n) is 7.38. The van der Waals surface area contributed by atoms with Crippen molar-refractivity contribution in [1.29, 1.82) is 0 Å². The lowest BCUT2D eigenvalue weighted by molar-refractivity contribution is -0.138. The van der Waals surface area contributed by atoms with Gasteiger partial charge in [0.1, 0.15) is 0 Å². The molecule has 1 saturated carbocycles. The Kier molecular flexibility index (Phi) is 2.69. The normalized spacial score (nSPS) is 26.1. The molecular weight excluding hydrogens is 152 g/mol. The van der Waals surface area contributed by atoms with Crippen LogP contribution < -0.4 is 0 Å². The SMILES string of the molecule is C=C[C@H]1C[C@@H]1C(=C)C(=O)OCC. The molecule has 0 aliphatic heterocycles. The van der Waals surface area contributed by atoms with Gasteiger partial charge >= 0.3 is 5.97 Å². The Balaban J connectivity index is 2.39. The fourth-order valence-corrected chi connectivity index (χ4v) is 1.25. The summed E-state index contributed by atoms with van der Waals surface area (Å²) in [6, 6.07) is 0. The van der Waals surface area contributed by atoms with E-state index < -0.39 is 0 Å². The lowest BCUT2D eigenvalue weighted by atomic mass is 10.1. The lowest BCUT2D eigenvalue weighted by Crippen LogP contribution is -2.08. The molecule has 1 fully saturated rings. The molecule has 12 heavy (non-hydrogen) atoms. The molecule has 0 saturated heterocycles. The van der Waals surface area contributed by atoms with Crippen molar-refractivity contribution in [3.8, 4) is 0 Å². The Morgan fingerprint density at radius 3 is 2.83 bits per heavy atom. The minimum absolute atomic E-state index is 0.258. The molecule has 1 aliphatic rings. The van der Waals surface area contributed by atoms with Crippen LogP contribution in [-0.4, -0.2) is 12.6 Å². The van der Waals surface area contributed by atoms with Crippen LogP contribution in [0.3, 0.4) is 0 Å². The van der Waals surface area contributed by atoms with E-state index in [9.17, 15) is 4.79 Å². The summed E-state index contributed by atoms with van der Waals surface area (Å²) >= 11 is 0. The first-order valence-corrected chi connectivity index (χ1v) is 4.19. The summed E-state index contributed by atoms with van der Waals surface area (Å²) in [6.07, 6.45) is 2.87. The Morgan fingerprint density at radius 2 is 2.42 bits per heavy atom. The van der Waals surface area contributed by atoms with E-state index in [0.29, 0.717) is 24.0 Å². The lowest BCUT2D eigenvalue weighted by Gasteiger charge is -2.02. The fourth-order valence-electron chi connectivity index (χ4n) is 1.25. The molecule has 2 nitrogen and oxygen atoms in total. The summed E-state index contributed by atoms with van der Waals surface area (Å²) in [5, 5.41) is 0. The molecule has 2 heteroatoms. The van der Waals surface area contributed by atoms with Gasteiger partial charge in [0, 0.05) is 5.57 Å². The molecule has 0 unspecified atom stereocenters. The fraction of sp³-hybridized carbons (Fsp3) is 0.500. The molecule has 0 spiro atoms. The second kappa shape index (κ2) is 3.57. The van der Waals surface area contributed by atoms with Crippen molar-refractivity contribution in [1.82, 2.24) is 0 Å². The molecular formula is C10H14O2. The van der Waals surface area contributed by atoms with Gasteiger partial charge in [0.15, 0.2) is 0 Å². The number of carbonyl (C=O) groups is 1. The average Bonchev–Trinajstić information content (AvgIpc) is 2.82. The number of esters is 1. The monoisotopic (exact) mass is 166 g/mol. The highest BCUT2D eigenvalue weighted by Crippen LogP contribution is 2.44. The minimum atomic E-state index is -0.258. The van der Waals surface area contributed by atoms with Crippen molar-refractivity contribution in [2.24, 2.45) is 11.8 Å². The van der Waals surface area contributed by atoms with E-state index in [4.69, 9.17) is 4.74 Å². The third-order valence-electron chi connectivity index (χ3n) is 2.13. The van der Waals surface area contributed by atoms with Crippen LogP contribution in [-0.2, 0) is 9.53 Å². The zero-order chi connectivity index (χ0) is 9.14. The van der Waals surface area contributed by atoms with Crippen LogP contribution in [0.1, 0.15) is 13.3 Å². The summed E-state index contributed by atoms with van der Waals surface area (Å²) in [7, 11) is 0. The van der Waals surface area contributed by atoms with Gasteiger partial charge in [-0.25, -0.2) is 4.79 Å². The Hall–Kier alpha value is -1.05. The van der Waals surface area contributed by atoms with Gasteiger partial charge in [-0.3, -0.25) is 0 Å². The first-order chi connectivity index (χ1) is 5.70. The van der Waals surface area contributed by atoms with Gasteiger partial charge in [-0.2, -0.15) is 0 Å². The molecule has 2 atom stereocenters. The van der Waals surface area contributed by atoms with Crippen LogP contribution in [0.25, 0.3) is 0 Å². The minimum Gasteiger partial charge on any atom is -0.463 e. The predicted octanol–water partition coefficient (Wildman–Crippen LogP) is 1.93. The summed E-state index contributed by atoms with van der Waals surface area (Å²) in [5.41, 5.74) is 0.599. The predicted molar refractivity (Wildman–Crippen MR) is 47.6 cm³/mol. The van der Waals surface area contributed by atoms with E-state index in [-0.39, 0.29) is 5.97 Å². The highest BCUT2D eigenvalue weighted by Gasteiger charge is 2.39. The molecule has 0 N–H and O–H groups in total. The smallest absolute Gasteiger partial charge is 0.333 e. The second-order valence-electron chi connectivity index (χ2n) is 2.99. The largest absolute Gasteiger partial charge is 0.463 e. The highest BCUT2D eigenvalue weighted by atomic mass is 16.5. The van der Waals surface area contributed by atoms with E-state index in [1.165, 1.54) is 0 Å². The van der Waals surface area contributed by atoms with Crippen LogP contribution in [0.15, 0.2) is 24.8 Å². The third kappa shape index (κ3) is 1.76. The van der Waals surface area contributed by atoms with Crippen LogP contribution in [0.5, 0.6) is 0 Å². The third-order valence-corrected chi connectivity index (χ3v) is 2.13. The van der Waals surface area contributed by atoms with E-state index in [1.807, 2.05) is 6.08 Å². The molecule has 1 rings (SSSR count). The maximum absolute atomic E-state index is 11.1. The molecule has 0 aromatic carbocycles. The van der Waals surface area contributed by atoms with Crippen molar-refractivity contribution in [3.63, 3.8) is 0 Å². The van der Waals surface area contributed by atoms with E-state index >= 15 is 0 Å². The topological polar surface area (TPSA) is 26.3 Å². The van der Waals surface area contributed by atoms with Gasteiger partial charge in [-0.15, -0.1) is 6.58 Å². The Labute approximate surface area is 72.9 Å². The average molecular weight is 166 g/mol. The van der Waals surface area contributed by atoms with E-state index in [1.54, 1.807) is 6.92 Å². The Bertz CT molecular complexity index is 218. The van der Waals surface area contributed by atoms with E-state index in [0.717, 1.165) is 6.42 Å². The van der Waals surface area contributed by atoms with Crippen molar-refractivity contribution in [2.45, 2.75) is 13.3 Å². The van der Waals surface area contributed by atoms with Gasteiger partial charge in [0.25, 0.3) is 0 Å². The first kappa shape index (κ1) is 9.04. The van der Waals surface area contributed by atoms with Gasteiger partial charge in [-0.05, 0) is 25.2 Å². The molecule has 0 aromatic heterocycles. The van der Waals surface area contributed by atoms with Gasteiger partial charge < -0.3 is 4.74 Å². The summed E-state index contributed by atoms with van der Waals surface area (Å²) in [5.74, 6) is 0.482. The first-order valence-electron chi connectivity index (χ1n) is 4.19. The maximum Gasteiger partial charge on any atom is 0.333 e. The van der Waals surface area contributed by atoms with Crippen molar-refractivity contribution in [3.05, 3.63) is 24.8 Å². The number of rotatable bonds is 4. The molecule has 66 valence electrons. The molecule has 0 amide bonds. The summed E-state index contributed by atoms with van der Waals surface area (Å²) in [4.78, 5) is 11.1. The number of allylic oxidation sites excluding steroid dienone is 1. The van der Waals surface area contributed by atoms with Crippen LogP contribution >= 0.6 is 0 Å². The van der Waals surface area contributed by atoms with Crippen LogP contribution in [0.2, 0.25) is 0 Å². The second-order valence-corrected chi connectivity index (χ2v) is 2.99. The highest BCUT2D eigenvalue weighted by molar-refractivity contribution is 5.89. The number of hydrogen-bond acceptors (Lipinski definition) is 2. The number of ether oxygens (including phenoxy) is 1. The summed E-state index contributed by atoms with van der Waals surface area (Å²) in [6.45, 7) is 9.59. The van der Waals surface area contributed by atoms with Crippen molar-refractivity contribution < 1.29 is 9.53 Å². The Morgan fingerprint density at radius 1 is 1.75 bits per heavy atom. The molecule has 0 bridgehead atoms. The quantitative estimate of drug-likeness (QED) is 0.362. The van der Waals surface area contributed by atoms with Gasteiger partial charge in [-0.1, -0.05) is 12.7 Å². The van der Waals surface area contributed by atoms with Gasteiger partial charge in [0.2, 0.25) is 0 Å². The molecule has 0 aromatic rings. The van der Waals surface area contributed by atoms with Crippen LogP contribution in [0, 0.1) is 11.8 Å². The maximum atomic E-state index is 11.1. The van der Waals surface area contributed by atoms with E-state index in [2.05, 4.69) is 13.2 Å². The molecule has 1 aliphatic carbocycles. The van der Waals surface area contributed by atoms with Crippen molar-refractivity contribution in [2.75, 3.05) is 6.61 Å². The number of carbonyl (C=O) groups excluding carboxylic acids is 1. The van der Waals surface area contributed by atoms with Gasteiger partial charge in [0.05, 0.1) is 6.61 Å². The van der Waals surface area contributed by atoms with Crippen LogP contribution in [0.4, 0.5) is 0 Å².